The highest BCUT2D eigenvalue weighted by atomic mass is 32.2. The van der Waals surface area contributed by atoms with Crippen LogP contribution in [0.3, 0.4) is 0 Å². The highest BCUT2D eigenvalue weighted by Gasteiger charge is 2.31. The minimum atomic E-state index is -4.24. The quantitative estimate of drug-likeness (QED) is 0.334. The van der Waals surface area contributed by atoms with Crippen molar-refractivity contribution in [2.75, 3.05) is 18.6 Å². The summed E-state index contributed by atoms with van der Waals surface area (Å²) < 4.78 is 45.0. The molecule has 0 aromatic heterocycles. The number of nitro benzene ring substituents is 1. The largest absolute Gasteiger partial charge is 0.480 e. The molecule has 0 amide bonds. The molecular weight excluding hydrogens is 379 g/mol. The lowest BCUT2D eigenvalue weighted by molar-refractivity contribution is -0.384. The zero-order valence-corrected chi connectivity index (χ0v) is 15.0. The molecule has 0 spiro atoms. The first-order valence-corrected chi connectivity index (χ1v) is 10.4. The topological polar surface area (TPSA) is 162 Å². The molecule has 0 aliphatic rings. The van der Waals surface area contributed by atoms with Gasteiger partial charge in [-0.15, -0.1) is 0 Å². The lowest BCUT2D eigenvalue weighted by Gasteiger charge is -2.21. The molecule has 25 heavy (non-hydrogen) atoms. The zero-order valence-electron chi connectivity index (χ0n) is 13.3. The first-order valence-electron chi connectivity index (χ1n) is 6.79. The third-order valence-corrected chi connectivity index (χ3v) is 5.30. The molecule has 0 bridgehead atoms. The monoisotopic (exact) mass is 396 g/mol. The Bertz CT molecular complexity index is 778. The van der Waals surface area contributed by atoms with E-state index in [1.165, 1.54) is 6.92 Å². The fraction of sp³-hybridized carbons (Fsp3) is 0.417. The number of nitrogens with zero attached hydrogens (tertiary/aromatic N) is 1. The average Bonchev–Trinajstić information content (AvgIpc) is 2.45. The lowest BCUT2D eigenvalue weighted by atomic mass is 10.3. The fourth-order valence-electron chi connectivity index (χ4n) is 1.46. The van der Waals surface area contributed by atoms with E-state index in [9.17, 15) is 27.9 Å². The second-order valence-corrected chi connectivity index (χ2v) is 8.95. The van der Waals surface area contributed by atoms with E-state index >= 15 is 0 Å². The number of carboxylic acids is 1. The molecule has 140 valence electrons. The van der Waals surface area contributed by atoms with Crippen molar-refractivity contribution in [2.24, 2.45) is 0 Å². The van der Waals surface area contributed by atoms with Gasteiger partial charge in [-0.05, 0) is 19.1 Å². The van der Waals surface area contributed by atoms with Gasteiger partial charge in [0, 0.05) is 18.4 Å². The van der Waals surface area contributed by atoms with Gasteiger partial charge in [0.1, 0.15) is 21.6 Å². The number of aliphatic carboxylic acids is 1. The summed E-state index contributed by atoms with van der Waals surface area (Å²) in [5, 5.41) is 21.6. The molecule has 13 heteroatoms. The summed E-state index contributed by atoms with van der Waals surface area (Å²) >= 11 is 0. The summed E-state index contributed by atoms with van der Waals surface area (Å²) in [6.07, 6.45) is 0.950. The molecule has 0 heterocycles. The number of sulfone groups is 1. The summed E-state index contributed by atoms with van der Waals surface area (Å²) in [7, 11) is -7.64. The molecule has 1 unspecified atom stereocenters. The van der Waals surface area contributed by atoms with E-state index in [2.05, 4.69) is 5.09 Å². The van der Waals surface area contributed by atoms with Crippen LogP contribution in [0.15, 0.2) is 24.3 Å². The molecule has 0 aliphatic heterocycles. The van der Waals surface area contributed by atoms with Gasteiger partial charge in [0.05, 0.1) is 17.3 Å². The minimum Gasteiger partial charge on any atom is -0.480 e. The van der Waals surface area contributed by atoms with Crippen molar-refractivity contribution in [3.05, 3.63) is 34.4 Å². The third-order valence-electron chi connectivity index (χ3n) is 2.71. The maximum absolute atomic E-state index is 12.7. The normalized spacial score (nSPS) is 15.1. The predicted molar refractivity (Wildman–Crippen MR) is 87.2 cm³/mol. The minimum absolute atomic E-state index is 0.0848. The number of benzene rings is 1. The van der Waals surface area contributed by atoms with Crippen molar-refractivity contribution in [1.82, 2.24) is 5.09 Å². The second kappa shape index (κ2) is 8.39. The highest BCUT2D eigenvalue weighted by molar-refractivity contribution is 7.90. The van der Waals surface area contributed by atoms with Crippen LogP contribution in [0.25, 0.3) is 0 Å². The fourth-order valence-corrected chi connectivity index (χ4v) is 3.46. The van der Waals surface area contributed by atoms with E-state index in [0.717, 1.165) is 30.5 Å². The molecule has 1 aromatic rings. The van der Waals surface area contributed by atoms with Gasteiger partial charge in [-0.1, -0.05) is 0 Å². The van der Waals surface area contributed by atoms with Crippen LogP contribution >= 0.6 is 7.75 Å². The van der Waals surface area contributed by atoms with Gasteiger partial charge < -0.3 is 9.63 Å². The van der Waals surface area contributed by atoms with Gasteiger partial charge in [0.15, 0.2) is 0 Å². The standard InChI is InChI=1S/C12H17N2O9PS/c1-9(12(15)16)13-24(19,22-7-8-25(2,20)21)23-11-5-3-10(4-6-11)14(17)18/h3-6,9H,7-8H2,1-2H3,(H,13,19)(H,15,16)/t9-,24?/m0/s1. The first-order chi connectivity index (χ1) is 11.4. The number of rotatable bonds is 10. The van der Waals surface area contributed by atoms with E-state index in [1.807, 2.05) is 0 Å². The summed E-state index contributed by atoms with van der Waals surface area (Å²) in [5.41, 5.74) is -0.230. The van der Waals surface area contributed by atoms with Gasteiger partial charge in [-0.3, -0.25) is 19.4 Å². The Morgan fingerprint density at radius 3 is 2.40 bits per heavy atom. The smallest absolute Gasteiger partial charge is 0.459 e. The Hall–Kier alpha value is -2.01. The van der Waals surface area contributed by atoms with E-state index in [1.54, 1.807) is 0 Å². The van der Waals surface area contributed by atoms with E-state index in [4.69, 9.17) is 14.2 Å². The van der Waals surface area contributed by atoms with Crippen LogP contribution in [-0.4, -0.2) is 49.1 Å². The van der Waals surface area contributed by atoms with Crippen LogP contribution in [0.4, 0.5) is 5.69 Å². The average molecular weight is 396 g/mol. The van der Waals surface area contributed by atoms with Crippen molar-refractivity contribution in [3.63, 3.8) is 0 Å². The second-order valence-electron chi connectivity index (χ2n) is 4.99. The van der Waals surface area contributed by atoms with Crippen molar-refractivity contribution in [2.45, 2.75) is 13.0 Å². The van der Waals surface area contributed by atoms with E-state index < -0.39 is 46.9 Å². The van der Waals surface area contributed by atoms with Crippen molar-refractivity contribution < 1.29 is 36.9 Å². The van der Waals surface area contributed by atoms with E-state index in [0.29, 0.717) is 0 Å². The molecule has 0 saturated carbocycles. The van der Waals surface area contributed by atoms with Gasteiger partial charge in [-0.25, -0.2) is 13.0 Å². The molecule has 1 rings (SSSR count). The molecule has 11 nitrogen and oxygen atoms in total. The van der Waals surface area contributed by atoms with Gasteiger partial charge in [0.2, 0.25) is 0 Å². The summed E-state index contributed by atoms with van der Waals surface area (Å²) in [6.45, 7) is 0.691. The summed E-state index contributed by atoms with van der Waals surface area (Å²) in [5.74, 6) is -1.87. The van der Waals surface area contributed by atoms with Gasteiger partial charge in [-0.2, -0.15) is 5.09 Å². The molecular formula is C12H17N2O9PS. The Morgan fingerprint density at radius 1 is 1.40 bits per heavy atom. The molecule has 0 radical (unpaired) electrons. The maximum atomic E-state index is 12.7. The predicted octanol–water partition coefficient (Wildman–Crippen LogP) is 1.21. The van der Waals surface area contributed by atoms with Crippen LogP contribution in [0, 0.1) is 10.1 Å². The van der Waals surface area contributed by atoms with Crippen molar-refractivity contribution >= 4 is 29.2 Å². The number of hydrogen-bond donors (Lipinski definition) is 2. The summed E-state index contributed by atoms with van der Waals surface area (Å²) in [6, 6.07) is 3.17. The molecule has 0 saturated heterocycles. The SMILES string of the molecule is C[C@H](NP(=O)(OCCS(C)(=O)=O)Oc1ccc([N+](=O)[O-])cc1)C(=O)O. The first kappa shape index (κ1) is 21.0. The van der Waals surface area contributed by atoms with Gasteiger partial charge in [0.25, 0.3) is 5.69 Å². The van der Waals surface area contributed by atoms with Crippen LogP contribution in [0.1, 0.15) is 6.92 Å². The van der Waals surface area contributed by atoms with Crippen LogP contribution in [-0.2, 0) is 23.7 Å². The molecule has 0 fully saturated rings. The Kier molecular flexibility index (Phi) is 7.06. The maximum Gasteiger partial charge on any atom is 0.459 e. The zero-order chi connectivity index (χ0) is 19.3. The summed E-state index contributed by atoms with van der Waals surface area (Å²) in [4.78, 5) is 20.9. The number of hydrogen-bond acceptors (Lipinski definition) is 8. The molecule has 2 atom stereocenters. The molecule has 0 aliphatic carbocycles. The number of nitro groups is 1. The van der Waals surface area contributed by atoms with Crippen LogP contribution < -0.4 is 9.61 Å². The number of carboxylic acid groups (broad SMARTS) is 1. The lowest BCUT2D eigenvalue weighted by Crippen LogP contribution is -2.33. The van der Waals surface area contributed by atoms with Crippen LogP contribution in [0.2, 0.25) is 0 Å². The number of carbonyl (C=O) groups is 1. The molecule has 2 N–H and O–H groups in total. The van der Waals surface area contributed by atoms with Gasteiger partial charge >= 0.3 is 13.7 Å². The Labute approximate surface area is 143 Å². The van der Waals surface area contributed by atoms with Crippen molar-refractivity contribution in [3.8, 4) is 5.75 Å². The number of non-ortho nitro benzene ring substituents is 1. The van der Waals surface area contributed by atoms with Crippen LogP contribution in [0.5, 0.6) is 5.75 Å². The Morgan fingerprint density at radius 2 is 1.96 bits per heavy atom. The van der Waals surface area contributed by atoms with Crippen molar-refractivity contribution in [1.29, 1.82) is 0 Å². The number of nitrogens with one attached hydrogen (secondary N) is 1. The highest BCUT2D eigenvalue weighted by Crippen LogP contribution is 2.45. The Balaban J connectivity index is 2.94. The third kappa shape index (κ3) is 7.61. The van der Waals surface area contributed by atoms with E-state index in [-0.39, 0.29) is 11.4 Å². The molecule has 1 aromatic carbocycles.